The van der Waals surface area contributed by atoms with E-state index in [4.69, 9.17) is 4.74 Å². The molecule has 0 aromatic rings. The number of rotatable bonds is 6. The van der Waals surface area contributed by atoms with E-state index < -0.39 is 15.3 Å². The first-order valence-electron chi connectivity index (χ1n) is 5.69. The van der Waals surface area contributed by atoms with Gasteiger partial charge in [0, 0.05) is 19.7 Å². The number of ether oxygens (including phenoxy) is 1. The van der Waals surface area contributed by atoms with Crippen LogP contribution in [0.25, 0.3) is 0 Å². The molecule has 6 heteroatoms. The van der Waals surface area contributed by atoms with Gasteiger partial charge < -0.3 is 10.1 Å². The van der Waals surface area contributed by atoms with Crippen LogP contribution < -0.4 is 10.0 Å². The summed E-state index contributed by atoms with van der Waals surface area (Å²) >= 11 is 0. The van der Waals surface area contributed by atoms with Gasteiger partial charge in [0.05, 0.1) is 11.4 Å². The van der Waals surface area contributed by atoms with Gasteiger partial charge in [0.2, 0.25) is 10.0 Å². The van der Waals surface area contributed by atoms with Crippen molar-refractivity contribution in [3.63, 3.8) is 0 Å². The second-order valence-corrected chi connectivity index (χ2v) is 6.47. The maximum Gasteiger partial charge on any atom is 0.215 e. The van der Waals surface area contributed by atoms with E-state index in [1.165, 1.54) is 0 Å². The third-order valence-electron chi connectivity index (χ3n) is 3.09. The molecular formula is C10H22N2O3S. The van der Waals surface area contributed by atoms with Crippen molar-refractivity contribution in [3.05, 3.63) is 0 Å². The van der Waals surface area contributed by atoms with Gasteiger partial charge in [-0.1, -0.05) is 0 Å². The number of sulfonamides is 1. The Morgan fingerprint density at radius 3 is 2.69 bits per heavy atom. The molecule has 3 atom stereocenters. The van der Waals surface area contributed by atoms with E-state index in [0.717, 1.165) is 19.3 Å². The SMILES string of the molecule is CNCC(C)S(=O)(=O)NC1CCCC1OC. The predicted molar refractivity (Wildman–Crippen MR) is 63.9 cm³/mol. The Bertz CT molecular complexity index is 305. The molecule has 0 bridgehead atoms. The first-order chi connectivity index (χ1) is 7.51. The standard InChI is InChI=1S/C10H22N2O3S/c1-8(7-11-2)16(13,14)12-9-5-4-6-10(9)15-3/h8-12H,4-7H2,1-3H3. The first-order valence-corrected chi connectivity index (χ1v) is 7.24. The summed E-state index contributed by atoms with van der Waals surface area (Å²) in [5.41, 5.74) is 0. The van der Waals surface area contributed by atoms with E-state index in [-0.39, 0.29) is 12.1 Å². The number of hydrogen-bond acceptors (Lipinski definition) is 4. The van der Waals surface area contributed by atoms with Crippen LogP contribution in [0.4, 0.5) is 0 Å². The van der Waals surface area contributed by atoms with Crippen LogP contribution in [0.2, 0.25) is 0 Å². The molecule has 1 fully saturated rings. The van der Waals surface area contributed by atoms with Gasteiger partial charge in [-0.3, -0.25) is 0 Å². The summed E-state index contributed by atoms with van der Waals surface area (Å²) in [5, 5.41) is 2.45. The highest BCUT2D eigenvalue weighted by Gasteiger charge is 2.32. The molecular weight excluding hydrogens is 228 g/mol. The van der Waals surface area contributed by atoms with Crippen LogP contribution in [-0.2, 0) is 14.8 Å². The molecule has 0 spiro atoms. The highest BCUT2D eigenvalue weighted by molar-refractivity contribution is 7.90. The van der Waals surface area contributed by atoms with Gasteiger partial charge in [-0.2, -0.15) is 0 Å². The molecule has 3 unspecified atom stereocenters. The van der Waals surface area contributed by atoms with Crippen LogP contribution in [0, 0.1) is 0 Å². The Labute approximate surface area is 98.0 Å². The maximum atomic E-state index is 11.9. The van der Waals surface area contributed by atoms with E-state index in [9.17, 15) is 8.42 Å². The third kappa shape index (κ3) is 3.41. The van der Waals surface area contributed by atoms with Gasteiger partial charge in [0.1, 0.15) is 0 Å². The van der Waals surface area contributed by atoms with Crippen molar-refractivity contribution in [1.82, 2.24) is 10.0 Å². The fourth-order valence-electron chi connectivity index (χ4n) is 2.07. The van der Waals surface area contributed by atoms with Crippen molar-refractivity contribution >= 4 is 10.0 Å². The van der Waals surface area contributed by atoms with E-state index in [1.54, 1.807) is 21.1 Å². The van der Waals surface area contributed by atoms with Gasteiger partial charge in [0.15, 0.2) is 0 Å². The van der Waals surface area contributed by atoms with E-state index in [2.05, 4.69) is 10.0 Å². The predicted octanol–water partition coefficient (Wildman–Crippen LogP) is 0.0812. The van der Waals surface area contributed by atoms with E-state index >= 15 is 0 Å². The molecule has 1 aliphatic rings. The Morgan fingerprint density at radius 2 is 2.12 bits per heavy atom. The van der Waals surface area contributed by atoms with Crippen molar-refractivity contribution in [2.75, 3.05) is 20.7 Å². The topological polar surface area (TPSA) is 67.4 Å². The first kappa shape index (κ1) is 13.9. The molecule has 0 heterocycles. The summed E-state index contributed by atoms with van der Waals surface area (Å²) in [6.07, 6.45) is 2.84. The molecule has 1 aliphatic carbocycles. The molecule has 0 aliphatic heterocycles. The Morgan fingerprint density at radius 1 is 1.44 bits per heavy atom. The zero-order chi connectivity index (χ0) is 12.2. The molecule has 0 radical (unpaired) electrons. The molecule has 16 heavy (non-hydrogen) atoms. The Hall–Kier alpha value is -0.170. The molecule has 0 aromatic heterocycles. The molecule has 0 saturated heterocycles. The second-order valence-electron chi connectivity index (χ2n) is 4.34. The molecule has 0 amide bonds. The highest BCUT2D eigenvalue weighted by atomic mass is 32.2. The van der Waals surface area contributed by atoms with Crippen molar-refractivity contribution in [1.29, 1.82) is 0 Å². The fourth-order valence-corrected chi connectivity index (χ4v) is 3.38. The summed E-state index contributed by atoms with van der Waals surface area (Å²) in [6, 6.07) is -0.0608. The number of nitrogens with one attached hydrogen (secondary N) is 2. The summed E-state index contributed by atoms with van der Waals surface area (Å²) in [7, 11) is 0.141. The lowest BCUT2D eigenvalue weighted by molar-refractivity contribution is 0.0916. The third-order valence-corrected chi connectivity index (χ3v) is 4.95. The summed E-state index contributed by atoms with van der Waals surface area (Å²) < 4.78 is 31.9. The lowest BCUT2D eigenvalue weighted by atomic mass is 10.2. The molecule has 2 N–H and O–H groups in total. The minimum absolute atomic E-state index is 0.0246. The summed E-state index contributed by atoms with van der Waals surface area (Å²) in [6.45, 7) is 2.16. The zero-order valence-electron chi connectivity index (χ0n) is 10.2. The largest absolute Gasteiger partial charge is 0.380 e. The van der Waals surface area contributed by atoms with Crippen molar-refractivity contribution in [2.45, 2.75) is 43.6 Å². The molecule has 1 rings (SSSR count). The van der Waals surface area contributed by atoms with Gasteiger partial charge >= 0.3 is 0 Å². The quantitative estimate of drug-likeness (QED) is 0.700. The molecule has 96 valence electrons. The monoisotopic (exact) mass is 250 g/mol. The molecule has 1 saturated carbocycles. The minimum Gasteiger partial charge on any atom is -0.380 e. The van der Waals surface area contributed by atoms with E-state index in [0.29, 0.717) is 6.54 Å². The van der Waals surface area contributed by atoms with Crippen LogP contribution in [0.15, 0.2) is 0 Å². The lowest BCUT2D eigenvalue weighted by Gasteiger charge is -2.22. The average Bonchev–Trinajstić information content (AvgIpc) is 2.64. The highest BCUT2D eigenvalue weighted by Crippen LogP contribution is 2.22. The summed E-state index contributed by atoms with van der Waals surface area (Å²) in [5.74, 6) is 0. The maximum absolute atomic E-state index is 11.9. The van der Waals surface area contributed by atoms with Gasteiger partial charge in [-0.15, -0.1) is 0 Å². The number of hydrogen-bond donors (Lipinski definition) is 2. The van der Waals surface area contributed by atoms with Crippen LogP contribution >= 0.6 is 0 Å². The molecule has 0 aromatic carbocycles. The van der Waals surface area contributed by atoms with Crippen LogP contribution in [0.1, 0.15) is 26.2 Å². The van der Waals surface area contributed by atoms with Crippen molar-refractivity contribution in [3.8, 4) is 0 Å². The zero-order valence-corrected chi connectivity index (χ0v) is 11.0. The van der Waals surface area contributed by atoms with E-state index in [1.807, 2.05) is 0 Å². The van der Waals surface area contributed by atoms with Crippen molar-refractivity contribution < 1.29 is 13.2 Å². The van der Waals surface area contributed by atoms with Crippen LogP contribution in [0.5, 0.6) is 0 Å². The van der Waals surface area contributed by atoms with Crippen molar-refractivity contribution in [2.24, 2.45) is 0 Å². The minimum atomic E-state index is -3.24. The fraction of sp³-hybridized carbons (Fsp3) is 1.00. The van der Waals surface area contributed by atoms with Gasteiger partial charge in [-0.25, -0.2) is 13.1 Å². The van der Waals surface area contributed by atoms with Gasteiger partial charge in [0.25, 0.3) is 0 Å². The normalized spacial score (nSPS) is 28.2. The average molecular weight is 250 g/mol. The smallest absolute Gasteiger partial charge is 0.215 e. The Balaban J connectivity index is 2.58. The summed E-state index contributed by atoms with van der Waals surface area (Å²) in [4.78, 5) is 0. The van der Waals surface area contributed by atoms with Gasteiger partial charge in [-0.05, 0) is 33.2 Å². The Kier molecular flexibility index (Phi) is 5.17. The van der Waals surface area contributed by atoms with Crippen LogP contribution in [0.3, 0.4) is 0 Å². The molecule has 5 nitrogen and oxygen atoms in total. The van der Waals surface area contributed by atoms with Crippen LogP contribution in [-0.4, -0.2) is 46.5 Å². The number of methoxy groups -OCH3 is 1. The second kappa shape index (κ2) is 5.95. The lowest BCUT2D eigenvalue weighted by Crippen LogP contribution is -2.46.